The van der Waals surface area contributed by atoms with Gasteiger partial charge in [0.2, 0.25) is 0 Å². The number of hydrogen-bond acceptors (Lipinski definition) is 4. The van der Waals surface area contributed by atoms with Gasteiger partial charge in [-0.25, -0.2) is 0 Å². The highest BCUT2D eigenvalue weighted by Gasteiger charge is 2.47. The summed E-state index contributed by atoms with van der Waals surface area (Å²) in [7, 11) is 0. The van der Waals surface area contributed by atoms with Crippen LogP contribution in [0.3, 0.4) is 0 Å². The summed E-state index contributed by atoms with van der Waals surface area (Å²) in [5.41, 5.74) is 1.01. The Balaban J connectivity index is 1.81. The maximum Gasteiger partial charge on any atom is 0.119 e. The number of ether oxygens (including phenoxy) is 2. The Morgan fingerprint density at radius 3 is 2.30 bits per heavy atom. The Morgan fingerprint density at radius 2 is 1.74 bits per heavy atom. The van der Waals surface area contributed by atoms with E-state index < -0.39 is 0 Å². The van der Waals surface area contributed by atoms with E-state index in [4.69, 9.17) is 14.3 Å². The molecule has 0 spiro atoms. The van der Waals surface area contributed by atoms with Crippen molar-refractivity contribution >= 4 is 5.69 Å². The first-order valence-electron chi connectivity index (χ1n) is 8.63. The van der Waals surface area contributed by atoms with E-state index in [1.807, 2.05) is 29.3 Å². The minimum atomic E-state index is -0.169. The Hall–Kier alpha value is -1.26. The van der Waals surface area contributed by atoms with E-state index in [0.717, 1.165) is 37.4 Å². The molecule has 130 valence electrons. The van der Waals surface area contributed by atoms with Gasteiger partial charge >= 0.3 is 0 Å². The maximum absolute atomic E-state index is 6.10. The quantitative estimate of drug-likeness (QED) is 0.662. The second kappa shape index (κ2) is 7.54. The van der Waals surface area contributed by atoms with Crippen LogP contribution < -0.4 is 9.80 Å². The predicted molar refractivity (Wildman–Crippen MR) is 94.0 cm³/mol. The number of benzene rings is 1. The highest BCUT2D eigenvalue weighted by atomic mass is 16.7. The van der Waals surface area contributed by atoms with Crippen molar-refractivity contribution in [3.8, 4) is 5.75 Å². The van der Waals surface area contributed by atoms with Gasteiger partial charge in [-0.3, -0.25) is 9.90 Å². The van der Waals surface area contributed by atoms with Gasteiger partial charge < -0.3 is 9.47 Å². The molecule has 0 aliphatic carbocycles. The first-order valence-corrected chi connectivity index (χ1v) is 8.63. The van der Waals surface area contributed by atoms with E-state index in [9.17, 15) is 0 Å². The van der Waals surface area contributed by atoms with Gasteiger partial charge in [-0.15, -0.1) is 0 Å². The van der Waals surface area contributed by atoms with Gasteiger partial charge in [0.15, 0.2) is 0 Å². The molecule has 1 aliphatic heterocycles. The van der Waals surface area contributed by atoms with Crippen LogP contribution in [0.5, 0.6) is 5.75 Å². The topological polar surface area (TPSA) is 30.9 Å². The van der Waals surface area contributed by atoms with Crippen molar-refractivity contribution < 1.29 is 14.3 Å². The normalized spacial score (nSPS) is 19.1. The lowest BCUT2D eigenvalue weighted by Crippen LogP contribution is -2.36. The lowest BCUT2D eigenvalue weighted by molar-refractivity contribution is -0.0300. The molecule has 0 amide bonds. The molecule has 0 bridgehead atoms. The molecule has 23 heavy (non-hydrogen) atoms. The van der Waals surface area contributed by atoms with Crippen molar-refractivity contribution in [2.75, 3.05) is 31.4 Å². The zero-order valence-electron chi connectivity index (χ0n) is 15.2. The second-order valence-electron chi connectivity index (χ2n) is 7.33. The number of rotatable bonds is 8. The standard InChI is InChI=1S/C19H31NO3/c1-6-7-12-21-13-14-22-17-10-8-16(9-11-17)20-15-18(2,3)19(4,5)23-20/h8-11H,6-7,12-15H2,1-5H3. The molecular formula is C19H31NO3. The number of hydrogen-bond donors (Lipinski definition) is 0. The monoisotopic (exact) mass is 321 g/mol. The molecule has 1 saturated heterocycles. The average molecular weight is 321 g/mol. The first-order chi connectivity index (χ1) is 10.9. The summed E-state index contributed by atoms with van der Waals surface area (Å²) >= 11 is 0. The van der Waals surface area contributed by atoms with Crippen LogP contribution in [0.4, 0.5) is 5.69 Å². The van der Waals surface area contributed by atoms with Crippen molar-refractivity contribution in [2.24, 2.45) is 5.41 Å². The van der Waals surface area contributed by atoms with Gasteiger partial charge in [0.05, 0.1) is 24.4 Å². The first kappa shape index (κ1) is 18.1. The van der Waals surface area contributed by atoms with Crippen LogP contribution in [-0.2, 0) is 9.57 Å². The highest BCUT2D eigenvalue weighted by Crippen LogP contribution is 2.43. The third kappa shape index (κ3) is 4.61. The molecule has 0 unspecified atom stereocenters. The number of unbranched alkanes of at least 4 members (excludes halogenated alkanes) is 1. The van der Waals surface area contributed by atoms with Crippen LogP contribution in [0.25, 0.3) is 0 Å². The van der Waals surface area contributed by atoms with Crippen molar-refractivity contribution in [3.05, 3.63) is 24.3 Å². The Labute approximate surface area is 140 Å². The van der Waals surface area contributed by atoms with Crippen LogP contribution in [0.15, 0.2) is 24.3 Å². The van der Waals surface area contributed by atoms with Crippen molar-refractivity contribution in [1.82, 2.24) is 0 Å². The van der Waals surface area contributed by atoms with Crippen molar-refractivity contribution in [1.29, 1.82) is 0 Å². The van der Waals surface area contributed by atoms with E-state index in [0.29, 0.717) is 13.2 Å². The summed E-state index contributed by atoms with van der Waals surface area (Å²) in [6.07, 6.45) is 2.27. The molecule has 0 N–H and O–H groups in total. The van der Waals surface area contributed by atoms with Gasteiger partial charge in [0, 0.05) is 12.0 Å². The highest BCUT2D eigenvalue weighted by molar-refractivity contribution is 5.48. The molecule has 1 aromatic rings. The van der Waals surface area contributed by atoms with Crippen LogP contribution in [0.2, 0.25) is 0 Å². The summed E-state index contributed by atoms with van der Waals surface area (Å²) in [6.45, 7) is 13.8. The fourth-order valence-corrected chi connectivity index (χ4v) is 2.40. The summed E-state index contributed by atoms with van der Waals surface area (Å²) in [5.74, 6) is 0.866. The SMILES string of the molecule is CCCCOCCOc1ccc(N2CC(C)(C)C(C)(C)O2)cc1. The molecular weight excluding hydrogens is 290 g/mol. The smallest absolute Gasteiger partial charge is 0.119 e. The second-order valence-corrected chi connectivity index (χ2v) is 7.33. The summed E-state index contributed by atoms with van der Waals surface area (Å²) in [4.78, 5) is 6.10. The molecule has 1 fully saturated rings. The number of hydroxylamine groups is 1. The summed E-state index contributed by atoms with van der Waals surface area (Å²) < 4.78 is 11.2. The third-order valence-corrected chi connectivity index (χ3v) is 4.77. The lowest BCUT2D eigenvalue weighted by Gasteiger charge is -2.30. The van der Waals surface area contributed by atoms with Crippen LogP contribution in [0, 0.1) is 5.41 Å². The maximum atomic E-state index is 6.10. The van der Waals surface area contributed by atoms with Crippen LogP contribution in [0.1, 0.15) is 47.5 Å². The Kier molecular flexibility index (Phi) is 5.93. The molecule has 4 nitrogen and oxygen atoms in total. The van der Waals surface area contributed by atoms with Crippen molar-refractivity contribution in [3.63, 3.8) is 0 Å². The van der Waals surface area contributed by atoms with Gasteiger partial charge in [0.25, 0.3) is 0 Å². The molecule has 0 saturated carbocycles. The van der Waals surface area contributed by atoms with E-state index in [2.05, 4.69) is 34.6 Å². The molecule has 1 heterocycles. The Bertz CT molecular complexity index is 466. The minimum absolute atomic E-state index is 0.109. The molecule has 0 radical (unpaired) electrons. The molecule has 0 aromatic heterocycles. The lowest BCUT2D eigenvalue weighted by atomic mass is 9.78. The largest absolute Gasteiger partial charge is 0.491 e. The van der Waals surface area contributed by atoms with E-state index in [1.54, 1.807) is 0 Å². The van der Waals surface area contributed by atoms with E-state index >= 15 is 0 Å². The fraction of sp³-hybridized carbons (Fsp3) is 0.684. The Morgan fingerprint density at radius 1 is 1.04 bits per heavy atom. The molecule has 2 rings (SSSR count). The zero-order valence-corrected chi connectivity index (χ0v) is 15.2. The summed E-state index contributed by atoms with van der Waals surface area (Å²) in [5, 5.41) is 1.98. The van der Waals surface area contributed by atoms with Crippen molar-refractivity contribution in [2.45, 2.75) is 53.1 Å². The minimum Gasteiger partial charge on any atom is -0.491 e. The van der Waals surface area contributed by atoms with Gasteiger partial charge in [-0.2, -0.15) is 0 Å². The van der Waals surface area contributed by atoms with Crippen LogP contribution >= 0.6 is 0 Å². The predicted octanol–water partition coefficient (Wildman–Crippen LogP) is 4.44. The van der Waals surface area contributed by atoms with Crippen LogP contribution in [-0.4, -0.2) is 32.0 Å². The third-order valence-electron chi connectivity index (χ3n) is 4.77. The molecule has 1 aliphatic rings. The van der Waals surface area contributed by atoms with Gasteiger partial charge in [-0.05, 0) is 44.5 Å². The molecule has 1 aromatic carbocycles. The summed E-state index contributed by atoms with van der Waals surface area (Å²) in [6, 6.07) is 8.07. The van der Waals surface area contributed by atoms with Gasteiger partial charge in [0.1, 0.15) is 12.4 Å². The number of nitrogens with zero attached hydrogens (tertiary/aromatic N) is 1. The average Bonchev–Trinajstić information content (AvgIpc) is 2.72. The fourth-order valence-electron chi connectivity index (χ4n) is 2.40. The van der Waals surface area contributed by atoms with E-state index in [1.165, 1.54) is 0 Å². The zero-order chi connectivity index (χ0) is 16.9. The van der Waals surface area contributed by atoms with E-state index in [-0.39, 0.29) is 11.0 Å². The molecule has 4 heteroatoms. The van der Waals surface area contributed by atoms with Gasteiger partial charge in [-0.1, -0.05) is 27.2 Å². The number of anilines is 1. The molecule has 0 atom stereocenters.